The number of rotatable bonds is 3. The van der Waals surface area contributed by atoms with Gasteiger partial charge in [-0.05, 0) is 12.1 Å². The smallest absolute Gasteiger partial charge is 0.174 e. The van der Waals surface area contributed by atoms with Crippen molar-refractivity contribution in [1.82, 2.24) is 0 Å². The van der Waals surface area contributed by atoms with E-state index in [-0.39, 0.29) is 21.2 Å². The zero-order valence-electron chi connectivity index (χ0n) is 7.31. The third-order valence-corrected chi connectivity index (χ3v) is 3.06. The maximum Gasteiger partial charge on any atom is 0.174 e. The maximum absolute atomic E-state index is 11.4. The van der Waals surface area contributed by atoms with E-state index in [1.807, 2.05) is 0 Å². The van der Waals surface area contributed by atoms with Gasteiger partial charge in [0.25, 0.3) is 0 Å². The summed E-state index contributed by atoms with van der Waals surface area (Å²) in [4.78, 5) is 11.4. The average molecular weight is 298 g/mol. The molecule has 0 saturated carbocycles. The number of ketones is 1. The summed E-state index contributed by atoms with van der Waals surface area (Å²) >= 11 is 14.8. The van der Waals surface area contributed by atoms with Crippen molar-refractivity contribution in [3.63, 3.8) is 0 Å². The van der Waals surface area contributed by atoms with Crippen LogP contribution in [0.15, 0.2) is 12.1 Å². The molecule has 1 aromatic carbocycles. The van der Waals surface area contributed by atoms with E-state index in [2.05, 4.69) is 15.9 Å². The molecule has 1 rings (SSSR count). The number of carbonyl (C=O) groups excluding carboxylic acids is 1. The lowest BCUT2D eigenvalue weighted by Gasteiger charge is -2.07. The first kappa shape index (κ1) is 11.8. The average Bonchev–Trinajstić information content (AvgIpc) is 2.21. The lowest BCUT2D eigenvalue weighted by Crippen LogP contribution is -2.01. The topological polar surface area (TPSA) is 26.3 Å². The molecule has 0 unspecified atom stereocenters. The molecule has 2 nitrogen and oxygen atoms in total. The zero-order chi connectivity index (χ0) is 10.7. The van der Waals surface area contributed by atoms with Gasteiger partial charge in [-0.15, -0.1) is 0 Å². The van der Waals surface area contributed by atoms with Gasteiger partial charge in [-0.3, -0.25) is 4.79 Å². The number of methoxy groups -OCH3 is 1. The Kier molecular flexibility index (Phi) is 4.23. The van der Waals surface area contributed by atoms with Gasteiger partial charge < -0.3 is 4.74 Å². The van der Waals surface area contributed by atoms with Crippen molar-refractivity contribution in [3.8, 4) is 5.75 Å². The van der Waals surface area contributed by atoms with Crippen molar-refractivity contribution in [1.29, 1.82) is 0 Å². The van der Waals surface area contributed by atoms with Crippen LogP contribution in [0.25, 0.3) is 0 Å². The van der Waals surface area contributed by atoms with Gasteiger partial charge in [0, 0.05) is 5.56 Å². The molecule has 0 aromatic heterocycles. The Hall–Kier alpha value is -0.250. The van der Waals surface area contributed by atoms with Crippen LogP contribution in [0.4, 0.5) is 0 Å². The van der Waals surface area contributed by atoms with Gasteiger partial charge in [0.2, 0.25) is 0 Å². The Bertz CT molecular complexity index is 366. The summed E-state index contributed by atoms with van der Waals surface area (Å²) in [5.41, 5.74) is 0.398. The first-order chi connectivity index (χ1) is 6.61. The highest BCUT2D eigenvalue weighted by Gasteiger charge is 2.14. The van der Waals surface area contributed by atoms with Crippen LogP contribution in [0, 0.1) is 0 Å². The number of alkyl halides is 1. The van der Waals surface area contributed by atoms with Crippen molar-refractivity contribution < 1.29 is 9.53 Å². The van der Waals surface area contributed by atoms with Crippen LogP contribution in [0.2, 0.25) is 10.0 Å². The van der Waals surface area contributed by atoms with Crippen LogP contribution in [0.3, 0.4) is 0 Å². The Morgan fingerprint density at radius 3 is 2.57 bits per heavy atom. The van der Waals surface area contributed by atoms with Crippen LogP contribution in [-0.4, -0.2) is 18.2 Å². The fourth-order valence-corrected chi connectivity index (χ4v) is 1.78. The van der Waals surface area contributed by atoms with E-state index in [4.69, 9.17) is 27.9 Å². The minimum Gasteiger partial charge on any atom is -0.495 e. The van der Waals surface area contributed by atoms with Crippen LogP contribution >= 0.6 is 39.1 Å². The molecule has 0 aliphatic rings. The first-order valence-electron chi connectivity index (χ1n) is 3.73. The predicted molar refractivity (Wildman–Crippen MR) is 61.1 cm³/mol. The number of benzene rings is 1. The molecule has 0 radical (unpaired) electrons. The molecule has 0 atom stereocenters. The quantitative estimate of drug-likeness (QED) is 0.630. The second-order valence-corrected chi connectivity index (χ2v) is 3.82. The summed E-state index contributed by atoms with van der Waals surface area (Å²) in [5.74, 6) is 0.349. The monoisotopic (exact) mass is 296 g/mol. The van der Waals surface area contributed by atoms with Crippen LogP contribution in [0.1, 0.15) is 10.4 Å². The van der Waals surface area contributed by atoms with Crippen molar-refractivity contribution in [2.24, 2.45) is 0 Å². The molecule has 0 fully saturated rings. The van der Waals surface area contributed by atoms with E-state index in [9.17, 15) is 4.79 Å². The number of carbonyl (C=O) groups is 1. The van der Waals surface area contributed by atoms with E-state index in [0.717, 1.165) is 0 Å². The molecule has 0 amide bonds. The largest absolute Gasteiger partial charge is 0.495 e. The number of Topliss-reactive ketones (excluding diaryl/α,β-unsaturated/α-hetero) is 1. The molecule has 0 aliphatic heterocycles. The van der Waals surface area contributed by atoms with Crippen LogP contribution < -0.4 is 4.74 Å². The minimum atomic E-state index is -0.112. The molecule has 0 heterocycles. The van der Waals surface area contributed by atoms with Crippen molar-refractivity contribution in [3.05, 3.63) is 27.7 Å². The second-order valence-electron chi connectivity index (χ2n) is 2.50. The highest BCUT2D eigenvalue weighted by molar-refractivity contribution is 9.09. The number of hydrogen-bond acceptors (Lipinski definition) is 2. The van der Waals surface area contributed by atoms with Crippen molar-refractivity contribution >= 4 is 44.9 Å². The van der Waals surface area contributed by atoms with Gasteiger partial charge in [0.1, 0.15) is 10.8 Å². The lowest BCUT2D eigenvalue weighted by molar-refractivity contribution is 0.102. The van der Waals surface area contributed by atoms with Crippen molar-refractivity contribution in [2.75, 3.05) is 12.4 Å². The van der Waals surface area contributed by atoms with Gasteiger partial charge >= 0.3 is 0 Å². The summed E-state index contributed by atoms with van der Waals surface area (Å²) in [7, 11) is 1.49. The summed E-state index contributed by atoms with van der Waals surface area (Å²) in [6.07, 6.45) is 0. The second kappa shape index (κ2) is 5.01. The highest BCUT2D eigenvalue weighted by atomic mass is 79.9. The fourth-order valence-electron chi connectivity index (χ4n) is 0.977. The van der Waals surface area contributed by atoms with Crippen molar-refractivity contribution in [2.45, 2.75) is 0 Å². The van der Waals surface area contributed by atoms with Gasteiger partial charge in [0.15, 0.2) is 5.78 Å². The molecule has 0 spiro atoms. The van der Waals surface area contributed by atoms with Crippen LogP contribution in [0.5, 0.6) is 5.75 Å². The molecular formula is C9H7BrCl2O2. The van der Waals surface area contributed by atoms with E-state index < -0.39 is 0 Å². The minimum absolute atomic E-state index is 0.112. The highest BCUT2D eigenvalue weighted by Crippen LogP contribution is 2.34. The Morgan fingerprint density at radius 2 is 2.07 bits per heavy atom. The molecule has 5 heteroatoms. The number of halogens is 3. The molecule has 0 saturated heterocycles. The SMILES string of the molecule is COc1ccc(C(=O)CBr)c(Cl)c1Cl. The Balaban J connectivity index is 3.24. The number of ether oxygens (including phenoxy) is 1. The number of hydrogen-bond donors (Lipinski definition) is 0. The van der Waals surface area contributed by atoms with E-state index in [1.165, 1.54) is 7.11 Å². The fraction of sp³-hybridized carbons (Fsp3) is 0.222. The summed E-state index contributed by atoms with van der Waals surface area (Å²) in [6, 6.07) is 3.21. The van der Waals surface area contributed by atoms with Gasteiger partial charge in [0.05, 0.1) is 17.5 Å². The van der Waals surface area contributed by atoms with E-state index in [0.29, 0.717) is 11.3 Å². The van der Waals surface area contributed by atoms with Gasteiger partial charge in [-0.1, -0.05) is 39.1 Å². The molecule has 0 N–H and O–H groups in total. The molecular weight excluding hydrogens is 291 g/mol. The lowest BCUT2D eigenvalue weighted by atomic mass is 10.1. The third kappa shape index (κ3) is 2.22. The normalized spacial score (nSPS) is 10.0. The molecule has 0 aliphatic carbocycles. The molecule has 14 heavy (non-hydrogen) atoms. The summed E-state index contributed by atoms with van der Waals surface area (Å²) < 4.78 is 4.95. The first-order valence-corrected chi connectivity index (χ1v) is 5.60. The zero-order valence-corrected chi connectivity index (χ0v) is 10.4. The molecule has 0 bridgehead atoms. The maximum atomic E-state index is 11.4. The summed E-state index contributed by atoms with van der Waals surface area (Å²) in [5, 5.41) is 0.714. The molecule has 76 valence electrons. The van der Waals surface area contributed by atoms with Gasteiger partial charge in [-0.25, -0.2) is 0 Å². The third-order valence-electron chi connectivity index (χ3n) is 1.69. The van der Waals surface area contributed by atoms with Gasteiger partial charge in [-0.2, -0.15) is 0 Å². The van der Waals surface area contributed by atoms with E-state index >= 15 is 0 Å². The van der Waals surface area contributed by atoms with Crippen LogP contribution in [-0.2, 0) is 0 Å². The standard InChI is InChI=1S/C9H7BrCl2O2/c1-14-7-3-2-5(6(13)4-10)8(11)9(7)12/h2-3H,4H2,1H3. The van der Waals surface area contributed by atoms with E-state index in [1.54, 1.807) is 12.1 Å². The Morgan fingerprint density at radius 1 is 1.43 bits per heavy atom. The predicted octanol–water partition coefficient (Wildman–Crippen LogP) is 3.58. The molecule has 1 aromatic rings. The Labute approximate surface area is 100 Å². The summed E-state index contributed by atoms with van der Waals surface area (Å²) in [6.45, 7) is 0.